The Balaban J connectivity index is 1.53. The Bertz CT molecular complexity index is 979. The highest BCUT2D eigenvalue weighted by Gasteiger charge is 2.26. The van der Waals surface area contributed by atoms with Crippen LogP contribution in [0.4, 0.5) is 11.4 Å². The second kappa shape index (κ2) is 7.02. The molecule has 1 aromatic carbocycles. The molecule has 2 amide bonds. The Hall–Kier alpha value is -1.90. The third kappa shape index (κ3) is 3.24. The van der Waals surface area contributed by atoms with E-state index in [0.717, 1.165) is 25.9 Å². The first kappa shape index (κ1) is 17.5. The van der Waals surface area contributed by atoms with E-state index in [9.17, 15) is 9.59 Å². The molecule has 0 saturated heterocycles. The Morgan fingerprint density at radius 1 is 1.19 bits per heavy atom. The van der Waals surface area contributed by atoms with Crippen molar-refractivity contribution in [3.8, 4) is 0 Å². The summed E-state index contributed by atoms with van der Waals surface area (Å²) in [5.74, 6) is -0.242. The molecular weight excluding hydrogens is 484 g/mol. The molecule has 5 nitrogen and oxygen atoms in total. The van der Waals surface area contributed by atoms with E-state index in [-0.39, 0.29) is 11.8 Å². The second-order valence-electron chi connectivity index (χ2n) is 5.75. The Morgan fingerprint density at radius 3 is 2.73 bits per heavy atom. The van der Waals surface area contributed by atoms with Crippen molar-refractivity contribution in [1.29, 1.82) is 0 Å². The smallest absolute Gasteiger partial charge is 0.265 e. The third-order valence-corrected chi connectivity index (χ3v) is 7.37. The Labute approximate surface area is 170 Å². The van der Waals surface area contributed by atoms with Crippen molar-refractivity contribution in [2.45, 2.75) is 6.42 Å². The van der Waals surface area contributed by atoms with E-state index in [1.165, 1.54) is 23.9 Å². The van der Waals surface area contributed by atoms with Gasteiger partial charge in [-0.15, -0.1) is 11.3 Å². The van der Waals surface area contributed by atoms with Crippen LogP contribution in [0.15, 0.2) is 55.5 Å². The number of nitrogens with one attached hydrogen (secondary N) is 1. The summed E-state index contributed by atoms with van der Waals surface area (Å²) in [6, 6.07) is 9.05. The van der Waals surface area contributed by atoms with Crippen molar-refractivity contribution in [2.75, 3.05) is 16.8 Å². The van der Waals surface area contributed by atoms with Gasteiger partial charge in [-0.3, -0.25) is 9.59 Å². The van der Waals surface area contributed by atoms with Crippen LogP contribution in [0.3, 0.4) is 0 Å². The van der Waals surface area contributed by atoms with Gasteiger partial charge < -0.3 is 14.6 Å². The van der Waals surface area contributed by atoms with E-state index in [2.05, 4.69) is 37.2 Å². The van der Waals surface area contributed by atoms with E-state index in [0.29, 0.717) is 22.7 Å². The summed E-state index contributed by atoms with van der Waals surface area (Å²) in [5, 5.41) is 2.91. The van der Waals surface area contributed by atoms with E-state index < -0.39 is 0 Å². The van der Waals surface area contributed by atoms with Crippen LogP contribution in [-0.2, 0) is 6.42 Å². The highest BCUT2D eigenvalue weighted by atomic mass is 79.9. The molecule has 0 bridgehead atoms. The van der Waals surface area contributed by atoms with Crippen LogP contribution in [0.5, 0.6) is 0 Å². The maximum atomic E-state index is 12.5. The van der Waals surface area contributed by atoms with Crippen LogP contribution in [0, 0.1) is 0 Å². The van der Waals surface area contributed by atoms with Crippen LogP contribution >= 0.6 is 43.2 Å². The molecule has 26 heavy (non-hydrogen) atoms. The molecular formula is C18H12Br2N2O3S. The van der Waals surface area contributed by atoms with Gasteiger partial charge in [-0.2, -0.15) is 0 Å². The molecule has 3 aromatic rings. The van der Waals surface area contributed by atoms with E-state index in [4.69, 9.17) is 4.42 Å². The molecule has 1 aliphatic heterocycles. The number of nitrogens with zero attached hydrogens (tertiary/aromatic N) is 1. The number of thiophene rings is 1. The van der Waals surface area contributed by atoms with Gasteiger partial charge >= 0.3 is 0 Å². The molecule has 1 N–H and O–H groups in total. The van der Waals surface area contributed by atoms with Crippen molar-refractivity contribution < 1.29 is 14.0 Å². The van der Waals surface area contributed by atoms with Crippen LogP contribution in [0.25, 0.3) is 0 Å². The van der Waals surface area contributed by atoms with Crippen molar-refractivity contribution in [3.05, 3.63) is 67.1 Å². The average molecular weight is 496 g/mol. The molecule has 0 spiro atoms. The lowest BCUT2D eigenvalue weighted by Crippen LogP contribution is -2.28. The molecule has 0 atom stereocenters. The van der Waals surface area contributed by atoms with E-state index >= 15 is 0 Å². The fourth-order valence-electron chi connectivity index (χ4n) is 2.88. The van der Waals surface area contributed by atoms with Gasteiger partial charge in [0.1, 0.15) is 6.26 Å². The van der Waals surface area contributed by atoms with Crippen molar-refractivity contribution in [1.82, 2.24) is 0 Å². The summed E-state index contributed by atoms with van der Waals surface area (Å²) in [5.41, 5.74) is 3.15. The van der Waals surface area contributed by atoms with Gasteiger partial charge in [0.05, 0.1) is 20.5 Å². The fourth-order valence-corrected chi connectivity index (χ4v) is 4.81. The lowest BCUT2D eigenvalue weighted by molar-refractivity contribution is 0.0987. The van der Waals surface area contributed by atoms with Crippen LogP contribution in [0.2, 0.25) is 0 Å². The van der Waals surface area contributed by atoms with Gasteiger partial charge in [0.2, 0.25) is 0 Å². The number of hydrogen-bond acceptors (Lipinski definition) is 4. The van der Waals surface area contributed by atoms with Gasteiger partial charge in [-0.1, -0.05) is 0 Å². The number of amides is 2. The van der Waals surface area contributed by atoms with Crippen molar-refractivity contribution >= 4 is 66.4 Å². The first-order chi connectivity index (χ1) is 12.5. The zero-order valence-electron chi connectivity index (χ0n) is 13.3. The minimum Gasteiger partial charge on any atom is -0.472 e. The number of carbonyl (C=O) groups excluding carboxylic acids is 2. The molecule has 0 radical (unpaired) electrons. The van der Waals surface area contributed by atoms with Crippen LogP contribution in [0.1, 0.15) is 25.6 Å². The predicted molar refractivity (Wildman–Crippen MR) is 108 cm³/mol. The minimum absolute atomic E-state index is 0.0810. The first-order valence-electron chi connectivity index (χ1n) is 7.76. The number of rotatable bonds is 3. The predicted octanol–water partition coefficient (Wildman–Crippen LogP) is 5.32. The van der Waals surface area contributed by atoms with Crippen molar-refractivity contribution in [2.24, 2.45) is 0 Å². The molecule has 0 aliphatic carbocycles. The highest BCUT2D eigenvalue weighted by Crippen LogP contribution is 2.34. The standard InChI is InChI=1S/C18H12Br2N2O3S/c19-13-8-15(26-16(13)20)17(23)21-12-1-2-14-10(7-12)3-5-22(14)18(24)11-4-6-25-9-11/h1-2,4,6-9H,3,5H2,(H,21,23). The Morgan fingerprint density at radius 2 is 2.04 bits per heavy atom. The van der Waals surface area contributed by atoms with Crippen LogP contribution in [-0.4, -0.2) is 18.4 Å². The highest BCUT2D eigenvalue weighted by molar-refractivity contribution is 9.13. The van der Waals surface area contributed by atoms with Gasteiger partial charge in [0.15, 0.2) is 0 Å². The largest absolute Gasteiger partial charge is 0.472 e. The lowest BCUT2D eigenvalue weighted by Gasteiger charge is -2.16. The maximum absolute atomic E-state index is 12.5. The third-order valence-electron chi connectivity index (χ3n) is 4.12. The van der Waals surface area contributed by atoms with Crippen LogP contribution < -0.4 is 10.2 Å². The number of furan rings is 1. The molecule has 0 unspecified atom stereocenters. The van der Waals surface area contributed by atoms with Gasteiger partial charge in [-0.05, 0) is 74.2 Å². The fraction of sp³-hybridized carbons (Fsp3) is 0.111. The number of hydrogen-bond donors (Lipinski definition) is 1. The summed E-state index contributed by atoms with van der Waals surface area (Å²) < 4.78 is 6.73. The summed E-state index contributed by atoms with van der Waals surface area (Å²) >= 11 is 8.15. The molecule has 132 valence electrons. The van der Waals surface area contributed by atoms with Gasteiger partial charge in [-0.25, -0.2) is 0 Å². The maximum Gasteiger partial charge on any atom is 0.265 e. The average Bonchev–Trinajstić information content (AvgIpc) is 3.35. The Kier molecular flexibility index (Phi) is 4.73. The first-order valence-corrected chi connectivity index (χ1v) is 10.2. The monoisotopic (exact) mass is 494 g/mol. The summed E-state index contributed by atoms with van der Waals surface area (Å²) in [6.07, 6.45) is 3.69. The summed E-state index contributed by atoms with van der Waals surface area (Å²) in [7, 11) is 0. The van der Waals surface area contributed by atoms with E-state index in [1.54, 1.807) is 17.0 Å². The summed E-state index contributed by atoms with van der Waals surface area (Å²) in [4.78, 5) is 27.3. The number of benzene rings is 1. The zero-order valence-corrected chi connectivity index (χ0v) is 17.3. The molecule has 2 aromatic heterocycles. The number of halogens is 2. The molecule has 4 rings (SSSR count). The topological polar surface area (TPSA) is 62.6 Å². The normalized spacial score (nSPS) is 12.9. The number of carbonyl (C=O) groups is 2. The SMILES string of the molecule is O=C(Nc1ccc2c(c1)CCN2C(=O)c1ccoc1)c1cc(Br)c(Br)s1. The summed E-state index contributed by atoms with van der Waals surface area (Å²) in [6.45, 7) is 0.613. The second-order valence-corrected chi connectivity index (χ2v) is 8.97. The molecule has 1 aliphatic rings. The van der Waals surface area contributed by atoms with E-state index in [1.807, 2.05) is 18.2 Å². The number of fused-ring (bicyclic) bond motifs is 1. The lowest BCUT2D eigenvalue weighted by atomic mass is 10.1. The van der Waals surface area contributed by atoms with Gasteiger partial charge in [0, 0.05) is 22.4 Å². The molecule has 0 saturated carbocycles. The molecule has 0 fully saturated rings. The van der Waals surface area contributed by atoms with Crippen molar-refractivity contribution in [3.63, 3.8) is 0 Å². The molecule has 3 heterocycles. The zero-order chi connectivity index (χ0) is 18.3. The van der Waals surface area contributed by atoms with Gasteiger partial charge in [0.25, 0.3) is 11.8 Å². The minimum atomic E-state index is -0.161. The quantitative estimate of drug-likeness (QED) is 0.534. The number of anilines is 2. The molecule has 8 heteroatoms.